The lowest BCUT2D eigenvalue weighted by atomic mass is 10.1. The Labute approximate surface area is 158 Å². The number of hydrogen-bond donors (Lipinski definition) is 0. The molecule has 0 amide bonds. The fourth-order valence-corrected chi connectivity index (χ4v) is 4.16. The summed E-state index contributed by atoms with van der Waals surface area (Å²) in [5, 5.41) is 10.3. The van der Waals surface area contributed by atoms with Gasteiger partial charge in [-0.3, -0.25) is 4.90 Å². The summed E-state index contributed by atoms with van der Waals surface area (Å²) < 4.78 is 2.32. The van der Waals surface area contributed by atoms with E-state index < -0.39 is 0 Å². The first-order valence-electron chi connectivity index (χ1n) is 9.04. The number of aryl methyl sites for hydroxylation is 1. The number of rotatable bonds is 4. The first-order valence-corrected chi connectivity index (χ1v) is 9.79. The van der Waals surface area contributed by atoms with E-state index in [4.69, 9.17) is 23.2 Å². The van der Waals surface area contributed by atoms with Crippen molar-refractivity contribution in [1.82, 2.24) is 19.7 Å². The molecule has 1 aromatic heterocycles. The summed E-state index contributed by atoms with van der Waals surface area (Å²) in [6.45, 7) is 6.12. The van der Waals surface area contributed by atoms with Gasteiger partial charge in [-0.2, -0.15) is 0 Å². The maximum atomic E-state index is 6.33. The fourth-order valence-electron chi connectivity index (χ4n) is 3.75. The van der Waals surface area contributed by atoms with E-state index in [1.807, 2.05) is 18.2 Å². The molecule has 4 rings (SSSR count). The summed E-state index contributed by atoms with van der Waals surface area (Å²) >= 11 is 12.4. The van der Waals surface area contributed by atoms with Crippen LogP contribution in [0.2, 0.25) is 10.0 Å². The van der Waals surface area contributed by atoms with Crippen molar-refractivity contribution in [2.24, 2.45) is 0 Å². The Morgan fingerprint density at radius 2 is 1.80 bits per heavy atom. The second kappa shape index (κ2) is 7.52. The van der Waals surface area contributed by atoms with Gasteiger partial charge in [0.1, 0.15) is 11.6 Å². The maximum absolute atomic E-state index is 6.33. The molecule has 0 N–H and O–H groups in total. The van der Waals surface area contributed by atoms with Gasteiger partial charge in [0, 0.05) is 57.1 Å². The normalized spacial score (nSPS) is 18.4. The molecule has 1 aromatic carbocycles. The summed E-state index contributed by atoms with van der Waals surface area (Å²) in [4.78, 5) is 4.82. The number of benzene rings is 1. The Kier molecular flexibility index (Phi) is 5.15. The van der Waals surface area contributed by atoms with E-state index in [2.05, 4.69) is 24.6 Å². The van der Waals surface area contributed by atoms with Crippen LogP contribution < -0.4 is 4.90 Å². The first-order chi connectivity index (χ1) is 12.2. The average molecular weight is 380 g/mol. The molecule has 2 aromatic rings. The molecule has 7 heteroatoms. The van der Waals surface area contributed by atoms with Crippen molar-refractivity contribution in [3.05, 3.63) is 39.9 Å². The number of fused-ring (bicyclic) bond motifs is 1. The average Bonchev–Trinajstić information content (AvgIpc) is 3.06. The highest BCUT2D eigenvalue weighted by atomic mass is 35.5. The van der Waals surface area contributed by atoms with Gasteiger partial charge in [0.15, 0.2) is 0 Å². The highest BCUT2D eigenvalue weighted by Gasteiger charge is 2.21. The fraction of sp³-hybridized carbons (Fsp3) is 0.556. The molecular weight excluding hydrogens is 357 g/mol. The van der Waals surface area contributed by atoms with Gasteiger partial charge >= 0.3 is 0 Å². The van der Waals surface area contributed by atoms with E-state index in [1.54, 1.807) is 0 Å². The molecule has 2 aliphatic rings. The SMILES string of the molecule is Clc1ccc(Cl)c(N2CCN(CCc3nnc4n3CCCC4)CC2)c1. The van der Waals surface area contributed by atoms with Gasteiger partial charge in [-0.05, 0) is 31.0 Å². The van der Waals surface area contributed by atoms with Crippen molar-refractivity contribution >= 4 is 28.9 Å². The Balaban J connectivity index is 1.32. The van der Waals surface area contributed by atoms with E-state index in [9.17, 15) is 0 Å². The zero-order chi connectivity index (χ0) is 17.2. The lowest BCUT2D eigenvalue weighted by molar-refractivity contribution is 0.258. The standard InChI is InChI=1S/C18H23Cl2N5/c19-14-4-5-15(20)16(13-14)24-11-9-23(10-12-24)8-6-18-22-21-17-3-1-2-7-25(17)18/h4-5,13H,1-3,6-12H2. The molecule has 5 nitrogen and oxygen atoms in total. The Morgan fingerprint density at radius 3 is 2.64 bits per heavy atom. The first kappa shape index (κ1) is 17.1. The number of hydrogen-bond acceptors (Lipinski definition) is 4. The predicted octanol–water partition coefficient (Wildman–Crippen LogP) is 3.29. The van der Waals surface area contributed by atoms with E-state index in [0.717, 1.165) is 73.7 Å². The van der Waals surface area contributed by atoms with Crippen LogP contribution >= 0.6 is 23.2 Å². The maximum Gasteiger partial charge on any atom is 0.134 e. The number of anilines is 1. The predicted molar refractivity (Wildman–Crippen MR) is 102 cm³/mol. The molecule has 134 valence electrons. The van der Waals surface area contributed by atoms with E-state index >= 15 is 0 Å². The minimum absolute atomic E-state index is 0.735. The Bertz CT molecular complexity index is 737. The molecule has 1 fully saturated rings. The van der Waals surface area contributed by atoms with Gasteiger partial charge < -0.3 is 9.47 Å². The largest absolute Gasteiger partial charge is 0.368 e. The van der Waals surface area contributed by atoms with Crippen molar-refractivity contribution in [1.29, 1.82) is 0 Å². The third-order valence-corrected chi connectivity index (χ3v) is 5.76. The van der Waals surface area contributed by atoms with Gasteiger partial charge in [-0.15, -0.1) is 10.2 Å². The third-order valence-electron chi connectivity index (χ3n) is 5.21. The van der Waals surface area contributed by atoms with E-state index in [-0.39, 0.29) is 0 Å². The highest BCUT2D eigenvalue weighted by molar-refractivity contribution is 6.35. The minimum Gasteiger partial charge on any atom is -0.368 e. The minimum atomic E-state index is 0.735. The third kappa shape index (κ3) is 3.78. The van der Waals surface area contributed by atoms with Crippen molar-refractivity contribution in [3.63, 3.8) is 0 Å². The lowest BCUT2D eigenvalue weighted by Crippen LogP contribution is -2.47. The van der Waals surface area contributed by atoms with Crippen LogP contribution in [0.3, 0.4) is 0 Å². The zero-order valence-corrected chi connectivity index (χ0v) is 15.8. The second-order valence-electron chi connectivity index (χ2n) is 6.82. The van der Waals surface area contributed by atoms with Crippen LogP contribution in [0.1, 0.15) is 24.5 Å². The molecule has 0 unspecified atom stereocenters. The number of piperazine rings is 1. The van der Waals surface area contributed by atoms with Crippen molar-refractivity contribution < 1.29 is 0 Å². The molecule has 1 saturated heterocycles. The molecule has 0 atom stereocenters. The van der Waals surface area contributed by atoms with Gasteiger partial charge in [-0.25, -0.2) is 0 Å². The van der Waals surface area contributed by atoms with Crippen LogP contribution in [0.4, 0.5) is 5.69 Å². The molecule has 3 heterocycles. The number of nitrogens with zero attached hydrogens (tertiary/aromatic N) is 5. The molecule has 0 radical (unpaired) electrons. The monoisotopic (exact) mass is 379 g/mol. The van der Waals surface area contributed by atoms with Crippen LogP contribution in [-0.4, -0.2) is 52.4 Å². The molecule has 0 aliphatic carbocycles. The molecular formula is C18H23Cl2N5. The lowest BCUT2D eigenvalue weighted by Gasteiger charge is -2.36. The van der Waals surface area contributed by atoms with Gasteiger partial charge in [0.2, 0.25) is 0 Å². The van der Waals surface area contributed by atoms with Crippen LogP contribution in [0.15, 0.2) is 18.2 Å². The van der Waals surface area contributed by atoms with E-state index in [0.29, 0.717) is 0 Å². The smallest absolute Gasteiger partial charge is 0.134 e. The van der Waals surface area contributed by atoms with Crippen molar-refractivity contribution in [2.75, 3.05) is 37.6 Å². The van der Waals surface area contributed by atoms with Gasteiger partial charge in [0.05, 0.1) is 10.7 Å². The molecule has 25 heavy (non-hydrogen) atoms. The molecule has 0 bridgehead atoms. The summed E-state index contributed by atoms with van der Waals surface area (Å²) in [5.41, 5.74) is 1.04. The summed E-state index contributed by atoms with van der Waals surface area (Å²) in [7, 11) is 0. The summed E-state index contributed by atoms with van der Waals surface area (Å²) in [5.74, 6) is 2.32. The van der Waals surface area contributed by atoms with E-state index in [1.165, 1.54) is 18.7 Å². The second-order valence-corrected chi connectivity index (χ2v) is 7.66. The topological polar surface area (TPSA) is 37.2 Å². The van der Waals surface area contributed by atoms with Crippen molar-refractivity contribution in [3.8, 4) is 0 Å². The summed E-state index contributed by atoms with van der Waals surface area (Å²) in [6, 6.07) is 5.67. The number of aromatic nitrogens is 3. The van der Waals surface area contributed by atoms with Gasteiger partial charge in [0.25, 0.3) is 0 Å². The number of halogens is 2. The Morgan fingerprint density at radius 1 is 0.960 bits per heavy atom. The molecule has 0 spiro atoms. The summed E-state index contributed by atoms with van der Waals surface area (Å²) in [6.07, 6.45) is 4.54. The highest BCUT2D eigenvalue weighted by Crippen LogP contribution is 2.29. The Hall–Kier alpha value is -1.30. The van der Waals surface area contributed by atoms with Crippen LogP contribution in [0.25, 0.3) is 0 Å². The molecule has 2 aliphatic heterocycles. The quantitative estimate of drug-likeness (QED) is 0.816. The zero-order valence-electron chi connectivity index (χ0n) is 14.3. The van der Waals surface area contributed by atoms with Crippen LogP contribution in [-0.2, 0) is 19.4 Å². The van der Waals surface area contributed by atoms with Gasteiger partial charge in [-0.1, -0.05) is 23.2 Å². The van der Waals surface area contributed by atoms with Crippen molar-refractivity contribution in [2.45, 2.75) is 32.2 Å². The van der Waals surface area contributed by atoms with Crippen LogP contribution in [0, 0.1) is 0 Å². The van der Waals surface area contributed by atoms with Crippen LogP contribution in [0.5, 0.6) is 0 Å². The molecule has 0 saturated carbocycles.